The van der Waals surface area contributed by atoms with Gasteiger partial charge in [0.2, 0.25) is 0 Å². The first-order chi connectivity index (χ1) is 9.13. The van der Waals surface area contributed by atoms with Crippen molar-refractivity contribution in [1.82, 2.24) is 10.2 Å². The fourth-order valence-corrected chi connectivity index (χ4v) is 2.91. The Balaban J connectivity index is 2.13. The summed E-state index contributed by atoms with van der Waals surface area (Å²) in [4.78, 5) is 2.63. The summed E-state index contributed by atoms with van der Waals surface area (Å²) in [5.74, 6) is 1.60. The van der Waals surface area contributed by atoms with Crippen LogP contribution in [0.2, 0.25) is 0 Å². The Hall–Kier alpha value is -1.06. The maximum Gasteiger partial charge on any atom is 0.118 e. The molecule has 3 heteroatoms. The van der Waals surface area contributed by atoms with Gasteiger partial charge in [-0.1, -0.05) is 26.0 Å². The molecule has 106 valence electrons. The van der Waals surface area contributed by atoms with Gasteiger partial charge >= 0.3 is 0 Å². The van der Waals surface area contributed by atoms with E-state index in [-0.39, 0.29) is 0 Å². The highest BCUT2D eigenvalue weighted by Crippen LogP contribution is 2.27. The van der Waals surface area contributed by atoms with E-state index >= 15 is 0 Å². The van der Waals surface area contributed by atoms with Crippen molar-refractivity contribution < 1.29 is 4.74 Å². The summed E-state index contributed by atoms with van der Waals surface area (Å²) in [5, 5.41) is 3.51. The summed E-state index contributed by atoms with van der Waals surface area (Å²) >= 11 is 0. The molecule has 1 N–H and O–H groups in total. The molecule has 0 aliphatic carbocycles. The first-order valence-corrected chi connectivity index (χ1v) is 7.24. The number of methoxy groups -OCH3 is 1. The summed E-state index contributed by atoms with van der Waals surface area (Å²) < 4.78 is 5.23. The highest BCUT2D eigenvalue weighted by atomic mass is 16.5. The Kier molecular flexibility index (Phi) is 4.83. The summed E-state index contributed by atoms with van der Waals surface area (Å²) in [7, 11) is 1.71. The highest BCUT2D eigenvalue weighted by molar-refractivity contribution is 5.29. The van der Waals surface area contributed by atoms with E-state index in [1.54, 1.807) is 7.11 Å². The zero-order chi connectivity index (χ0) is 13.8. The number of hydrogen-bond acceptors (Lipinski definition) is 3. The van der Waals surface area contributed by atoms with Crippen LogP contribution in [0.15, 0.2) is 24.3 Å². The van der Waals surface area contributed by atoms with Crippen LogP contribution in [0, 0.1) is 5.92 Å². The van der Waals surface area contributed by atoms with E-state index in [2.05, 4.69) is 55.3 Å². The van der Waals surface area contributed by atoms with Crippen molar-refractivity contribution in [2.45, 2.75) is 32.9 Å². The number of nitrogens with one attached hydrogen (secondary N) is 1. The molecule has 1 aliphatic rings. The van der Waals surface area contributed by atoms with Crippen LogP contribution in [0.5, 0.6) is 5.75 Å². The maximum absolute atomic E-state index is 5.23. The van der Waals surface area contributed by atoms with E-state index in [1.807, 2.05) is 0 Å². The van der Waals surface area contributed by atoms with Crippen LogP contribution in [-0.2, 0) is 0 Å². The Morgan fingerprint density at radius 1 is 1.21 bits per heavy atom. The second-order valence-corrected chi connectivity index (χ2v) is 5.70. The van der Waals surface area contributed by atoms with Gasteiger partial charge in [-0.15, -0.1) is 0 Å². The summed E-state index contributed by atoms with van der Waals surface area (Å²) in [6, 6.07) is 9.55. The van der Waals surface area contributed by atoms with E-state index in [1.165, 1.54) is 5.56 Å². The van der Waals surface area contributed by atoms with Crippen LogP contribution in [0.3, 0.4) is 0 Å². The van der Waals surface area contributed by atoms with Crippen molar-refractivity contribution in [2.75, 3.05) is 26.7 Å². The van der Waals surface area contributed by atoms with E-state index in [4.69, 9.17) is 4.74 Å². The fourth-order valence-electron chi connectivity index (χ4n) is 2.91. The molecule has 1 heterocycles. The van der Waals surface area contributed by atoms with Crippen LogP contribution in [0.4, 0.5) is 0 Å². The molecule has 2 unspecified atom stereocenters. The quantitative estimate of drug-likeness (QED) is 0.903. The van der Waals surface area contributed by atoms with E-state index < -0.39 is 0 Å². The lowest BCUT2D eigenvalue weighted by atomic mass is 9.96. The Morgan fingerprint density at radius 3 is 2.47 bits per heavy atom. The van der Waals surface area contributed by atoms with Gasteiger partial charge in [0.05, 0.1) is 7.11 Å². The van der Waals surface area contributed by atoms with E-state index in [0.29, 0.717) is 18.0 Å². The SMILES string of the molecule is COc1ccc(C(C)N2CCNCC2C(C)C)cc1. The van der Waals surface area contributed by atoms with Gasteiger partial charge < -0.3 is 10.1 Å². The second kappa shape index (κ2) is 6.40. The number of nitrogens with zero attached hydrogens (tertiary/aromatic N) is 1. The van der Waals surface area contributed by atoms with Gasteiger partial charge in [0.25, 0.3) is 0 Å². The molecule has 0 spiro atoms. The van der Waals surface area contributed by atoms with Crippen molar-refractivity contribution in [1.29, 1.82) is 0 Å². The first-order valence-electron chi connectivity index (χ1n) is 7.24. The number of benzene rings is 1. The molecule has 1 aromatic rings. The van der Waals surface area contributed by atoms with Gasteiger partial charge in [-0.3, -0.25) is 4.90 Å². The maximum atomic E-state index is 5.23. The van der Waals surface area contributed by atoms with Gasteiger partial charge in [-0.2, -0.15) is 0 Å². The highest BCUT2D eigenvalue weighted by Gasteiger charge is 2.29. The van der Waals surface area contributed by atoms with Gasteiger partial charge in [0, 0.05) is 31.7 Å². The van der Waals surface area contributed by atoms with Crippen LogP contribution in [0.25, 0.3) is 0 Å². The molecule has 3 nitrogen and oxygen atoms in total. The summed E-state index contributed by atoms with van der Waals surface area (Å²) in [6.07, 6.45) is 0. The predicted molar refractivity (Wildman–Crippen MR) is 79.6 cm³/mol. The average Bonchev–Trinajstić information content (AvgIpc) is 2.46. The molecule has 0 bridgehead atoms. The second-order valence-electron chi connectivity index (χ2n) is 5.70. The minimum atomic E-state index is 0.459. The minimum Gasteiger partial charge on any atom is -0.497 e. The smallest absolute Gasteiger partial charge is 0.118 e. The van der Waals surface area contributed by atoms with Crippen molar-refractivity contribution in [3.05, 3.63) is 29.8 Å². The van der Waals surface area contributed by atoms with Gasteiger partial charge in [-0.25, -0.2) is 0 Å². The van der Waals surface area contributed by atoms with Crippen LogP contribution < -0.4 is 10.1 Å². The molecule has 1 saturated heterocycles. The molecule has 0 amide bonds. The van der Waals surface area contributed by atoms with Crippen molar-refractivity contribution in [3.63, 3.8) is 0 Å². The number of rotatable bonds is 4. The lowest BCUT2D eigenvalue weighted by Gasteiger charge is -2.42. The largest absolute Gasteiger partial charge is 0.497 e. The lowest BCUT2D eigenvalue weighted by Crippen LogP contribution is -2.54. The third-order valence-corrected chi connectivity index (χ3v) is 4.19. The van der Waals surface area contributed by atoms with Gasteiger partial charge in [0.15, 0.2) is 0 Å². The zero-order valence-electron chi connectivity index (χ0n) is 12.5. The molecular weight excluding hydrogens is 236 g/mol. The average molecular weight is 262 g/mol. The van der Waals surface area contributed by atoms with Gasteiger partial charge in [0.1, 0.15) is 5.75 Å². The zero-order valence-corrected chi connectivity index (χ0v) is 12.5. The van der Waals surface area contributed by atoms with Gasteiger partial charge in [-0.05, 0) is 30.5 Å². The first kappa shape index (κ1) is 14.4. The van der Waals surface area contributed by atoms with Crippen molar-refractivity contribution >= 4 is 0 Å². The number of piperazine rings is 1. The monoisotopic (exact) mass is 262 g/mol. The molecule has 1 fully saturated rings. The Labute approximate surface area is 116 Å². The van der Waals surface area contributed by atoms with Crippen molar-refractivity contribution in [2.24, 2.45) is 5.92 Å². The molecule has 2 rings (SSSR count). The normalized spacial score (nSPS) is 22.5. The van der Waals surface area contributed by atoms with E-state index in [9.17, 15) is 0 Å². The molecule has 0 aromatic heterocycles. The topological polar surface area (TPSA) is 24.5 Å². The number of ether oxygens (including phenoxy) is 1. The van der Waals surface area contributed by atoms with Crippen LogP contribution >= 0.6 is 0 Å². The molecule has 2 atom stereocenters. The summed E-state index contributed by atoms with van der Waals surface area (Å²) in [5.41, 5.74) is 1.37. The molecule has 0 saturated carbocycles. The standard InChI is InChI=1S/C16H26N2O/c1-12(2)16-11-17-9-10-18(16)13(3)14-5-7-15(19-4)8-6-14/h5-8,12-13,16-17H,9-11H2,1-4H3. The Bertz CT molecular complexity index is 388. The van der Waals surface area contributed by atoms with Crippen molar-refractivity contribution in [3.8, 4) is 5.75 Å². The Morgan fingerprint density at radius 2 is 1.89 bits per heavy atom. The fraction of sp³-hybridized carbons (Fsp3) is 0.625. The molecule has 1 aromatic carbocycles. The lowest BCUT2D eigenvalue weighted by molar-refractivity contribution is 0.0843. The van der Waals surface area contributed by atoms with E-state index in [0.717, 1.165) is 25.4 Å². The minimum absolute atomic E-state index is 0.459. The predicted octanol–water partition coefficient (Wildman–Crippen LogP) is 2.69. The number of hydrogen-bond donors (Lipinski definition) is 1. The molecule has 1 aliphatic heterocycles. The molecule has 19 heavy (non-hydrogen) atoms. The van der Waals surface area contributed by atoms with Crippen LogP contribution in [0.1, 0.15) is 32.4 Å². The third-order valence-electron chi connectivity index (χ3n) is 4.19. The molecular formula is C16H26N2O. The summed E-state index contributed by atoms with van der Waals surface area (Å²) in [6.45, 7) is 10.2. The molecule has 0 radical (unpaired) electrons. The third kappa shape index (κ3) is 3.28. The van der Waals surface area contributed by atoms with Crippen LogP contribution in [-0.4, -0.2) is 37.7 Å².